The molecule has 0 bridgehead atoms. The number of pyridine rings is 1. The van der Waals surface area contributed by atoms with Crippen molar-refractivity contribution in [3.63, 3.8) is 0 Å². The number of aryl methyl sites for hydroxylation is 1. The van der Waals surface area contributed by atoms with E-state index in [0.29, 0.717) is 5.75 Å². The Morgan fingerprint density at radius 1 is 1.41 bits per heavy atom. The molecule has 2 aromatic rings. The molecule has 0 spiro atoms. The van der Waals surface area contributed by atoms with Crippen molar-refractivity contribution in [2.45, 2.75) is 6.92 Å². The SMILES string of the molecule is CSCC(=O)Nc1ccc(C)c2ncccc12. The molecule has 3 nitrogen and oxygen atoms in total. The summed E-state index contributed by atoms with van der Waals surface area (Å²) in [6.07, 6.45) is 3.68. The summed E-state index contributed by atoms with van der Waals surface area (Å²) >= 11 is 1.51. The van der Waals surface area contributed by atoms with Gasteiger partial charge in [-0.3, -0.25) is 9.78 Å². The third-order valence-electron chi connectivity index (χ3n) is 2.52. The van der Waals surface area contributed by atoms with Gasteiger partial charge in [-0.05, 0) is 36.9 Å². The van der Waals surface area contributed by atoms with Gasteiger partial charge in [-0.1, -0.05) is 6.07 Å². The maximum atomic E-state index is 11.6. The minimum atomic E-state index is 0.0199. The van der Waals surface area contributed by atoms with Crippen molar-refractivity contribution in [2.75, 3.05) is 17.3 Å². The largest absolute Gasteiger partial charge is 0.325 e. The third kappa shape index (κ3) is 2.58. The number of aromatic nitrogens is 1. The fraction of sp³-hybridized carbons (Fsp3) is 0.231. The van der Waals surface area contributed by atoms with Crippen LogP contribution in [0.1, 0.15) is 5.56 Å². The first-order valence-electron chi connectivity index (χ1n) is 5.35. The van der Waals surface area contributed by atoms with Crippen molar-refractivity contribution in [3.8, 4) is 0 Å². The maximum Gasteiger partial charge on any atom is 0.234 e. The molecule has 2 rings (SSSR count). The molecule has 1 aromatic heterocycles. The second-order valence-corrected chi connectivity index (χ2v) is 4.68. The second-order valence-electron chi connectivity index (χ2n) is 3.81. The Morgan fingerprint density at radius 2 is 2.24 bits per heavy atom. The van der Waals surface area contributed by atoms with Crippen LogP contribution in [0.5, 0.6) is 0 Å². The summed E-state index contributed by atoms with van der Waals surface area (Å²) in [4.78, 5) is 15.9. The molecule has 0 aliphatic carbocycles. The monoisotopic (exact) mass is 246 g/mol. The molecule has 0 aliphatic heterocycles. The lowest BCUT2D eigenvalue weighted by Crippen LogP contribution is -2.14. The first-order chi connectivity index (χ1) is 8.22. The molecule has 4 heteroatoms. The van der Waals surface area contributed by atoms with Gasteiger partial charge in [-0.25, -0.2) is 0 Å². The number of carbonyl (C=O) groups is 1. The van der Waals surface area contributed by atoms with Gasteiger partial charge in [0.2, 0.25) is 5.91 Å². The average Bonchev–Trinajstić information content (AvgIpc) is 2.34. The lowest BCUT2D eigenvalue weighted by atomic mass is 10.1. The highest BCUT2D eigenvalue weighted by Gasteiger charge is 2.07. The zero-order chi connectivity index (χ0) is 12.3. The van der Waals surface area contributed by atoms with Gasteiger partial charge in [-0.2, -0.15) is 11.8 Å². The lowest BCUT2D eigenvalue weighted by molar-refractivity contribution is -0.113. The predicted molar refractivity (Wildman–Crippen MR) is 73.5 cm³/mol. The molecule has 1 amide bonds. The highest BCUT2D eigenvalue weighted by Crippen LogP contribution is 2.24. The van der Waals surface area contributed by atoms with Crippen LogP contribution in [-0.4, -0.2) is 22.9 Å². The number of nitrogens with one attached hydrogen (secondary N) is 1. The van der Waals surface area contributed by atoms with E-state index in [4.69, 9.17) is 0 Å². The fourth-order valence-corrected chi connectivity index (χ4v) is 2.07. The molecule has 0 unspecified atom stereocenters. The number of amides is 1. The van der Waals surface area contributed by atoms with E-state index in [1.54, 1.807) is 6.20 Å². The number of thioether (sulfide) groups is 1. The van der Waals surface area contributed by atoms with Crippen LogP contribution in [0.15, 0.2) is 30.5 Å². The van der Waals surface area contributed by atoms with Crippen molar-refractivity contribution in [1.29, 1.82) is 0 Å². The van der Waals surface area contributed by atoms with Gasteiger partial charge in [0.15, 0.2) is 0 Å². The highest BCUT2D eigenvalue weighted by molar-refractivity contribution is 7.99. The van der Waals surface area contributed by atoms with Gasteiger partial charge in [0.05, 0.1) is 17.0 Å². The molecule has 1 aromatic carbocycles. The highest BCUT2D eigenvalue weighted by atomic mass is 32.2. The van der Waals surface area contributed by atoms with Crippen LogP contribution in [0.4, 0.5) is 5.69 Å². The van der Waals surface area contributed by atoms with Crippen molar-refractivity contribution < 1.29 is 4.79 Å². The number of anilines is 1. The topological polar surface area (TPSA) is 42.0 Å². The first kappa shape index (κ1) is 11.9. The molecule has 1 N–H and O–H groups in total. The molecule has 0 saturated heterocycles. The van der Waals surface area contributed by atoms with Crippen LogP contribution < -0.4 is 5.32 Å². The molecule has 17 heavy (non-hydrogen) atoms. The summed E-state index contributed by atoms with van der Waals surface area (Å²) in [5.74, 6) is 0.488. The molecule has 88 valence electrons. The van der Waals surface area contributed by atoms with Gasteiger partial charge < -0.3 is 5.32 Å². The smallest absolute Gasteiger partial charge is 0.234 e. The van der Waals surface area contributed by atoms with Crippen molar-refractivity contribution in [3.05, 3.63) is 36.0 Å². The van der Waals surface area contributed by atoms with Crippen molar-refractivity contribution in [2.24, 2.45) is 0 Å². The molecule has 1 heterocycles. The molecule has 0 saturated carbocycles. The zero-order valence-corrected chi connectivity index (χ0v) is 10.7. The molecule has 0 fully saturated rings. The van der Waals surface area contributed by atoms with Crippen LogP contribution in [0.25, 0.3) is 10.9 Å². The Kier molecular flexibility index (Phi) is 3.64. The average molecular weight is 246 g/mol. The number of rotatable bonds is 3. The summed E-state index contributed by atoms with van der Waals surface area (Å²) in [5, 5.41) is 3.90. The van der Waals surface area contributed by atoms with Gasteiger partial charge in [0.1, 0.15) is 0 Å². The van der Waals surface area contributed by atoms with Gasteiger partial charge in [0.25, 0.3) is 0 Å². The molecule has 0 atom stereocenters. The van der Waals surface area contributed by atoms with E-state index in [2.05, 4.69) is 10.3 Å². The van der Waals surface area contributed by atoms with Gasteiger partial charge >= 0.3 is 0 Å². The number of fused-ring (bicyclic) bond motifs is 1. The first-order valence-corrected chi connectivity index (χ1v) is 6.75. The number of hydrogen-bond acceptors (Lipinski definition) is 3. The predicted octanol–water partition coefficient (Wildman–Crippen LogP) is 2.84. The van der Waals surface area contributed by atoms with E-state index < -0.39 is 0 Å². The Labute approximate surface area is 105 Å². The van der Waals surface area contributed by atoms with Crippen LogP contribution >= 0.6 is 11.8 Å². The number of benzene rings is 1. The Hall–Kier alpha value is -1.55. The van der Waals surface area contributed by atoms with E-state index in [1.807, 2.05) is 37.4 Å². The Balaban J connectivity index is 2.41. The van der Waals surface area contributed by atoms with Gasteiger partial charge in [-0.15, -0.1) is 0 Å². The lowest BCUT2D eigenvalue weighted by Gasteiger charge is -2.09. The standard InChI is InChI=1S/C13H14N2OS/c1-9-5-6-11(15-12(16)8-17-2)10-4-3-7-14-13(9)10/h3-7H,8H2,1-2H3,(H,15,16). The molecular weight excluding hydrogens is 232 g/mol. The van der Waals surface area contributed by atoms with Crippen LogP contribution in [-0.2, 0) is 4.79 Å². The summed E-state index contributed by atoms with van der Waals surface area (Å²) in [6.45, 7) is 2.02. The minimum absolute atomic E-state index is 0.0199. The van der Waals surface area contributed by atoms with Crippen LogP contribution in [0.3, 0.4) is 0 Å². The van der Waals surface area contributed by atoms with Crippen molar-refractivity contribution >= 4 is 34.3 Å². The van der Waals surface area contributed by atoms with Crippen LogP contribution in [0, 0.1) is 6.92 Å². The van der Waals surface area contributed by atoms with E-state index in [9.17, 15) is 4.79 Å². The van der Waals surface area contributed by atoms with E-state index in [1.165, 1.54) is 11.8 Å². The van der Waals surface area contributed by atoms with Crippen molar-refractivity contribution in [1.82, 2.24) is 4.98 Å². The summed E-state index contributed by atoms with van der Waals surface area (Å²) in [7, 11) is 0. The van der Waals surface area contributed by atoms with E-state index >= 15 is 0 Å². The number of hydrogen-bond donors (Lipinski definition) is 1. The quantitative estimate of drug-likeness (QED) is 0.905. The molecule has 0 aliphatic rings. The van der Waals surface area contributed by atoms with Crippen LogP contribution in [0.2, 0.25) is 0 Å². The van der Waals surface area contributed by atoms with E-state index in [-0.39, 0.29) is 5.91 Å². The summed E-state index contributed by atoms with van der Waals surface area (Å²) in [6, 6.07) is 7.76. The molecule has 0 radical (unpaired) electrons. The third-order valence-corrected chi connectivity index (χ3v) is 3.07. The molecular formula is C13H14N2OS. The van der Waals surface area contributed by atoms with E-state index in [0.717, 1.165) is 22.2 Å². The normalized spacial score (nSPS) is 10.5. The van der Waals surface area contributed by atoms with Gasteiger partial charge in [0, 0.05) is 11.6 Å². The number of nitrogens with zero attached hydrogens (tertiary/aromatic N) is 1. The Bertz CT molecular complexity index is 554. The maximum absolute atomic E-state index is 11.6. The fourth-order valence-electron chi connectivity index (χ4n) is 1.74. The zero-order valence-electron chi connectivity index (χ0n) is 9.86. The summed E-state index contributed by atoms with van der Waals surface area (Å²) < 4.78 is 0. The minimum Gasteiger partial charge on any atom is -0.325 e. The second kappa shape index (κ2) is 5.19. The summed E-state index contributed by atoms with van der Waals surface area (Å²) in [5.41, 5.74) is 2.88. The Morgan fingerprint density at radius 3 is 3.00 bits per heavy atom. The number of carbonyl (C=O) groups excluding carboxylic acids is 1.